The largest absolute Gasteiger partial charge is 0.356 e. The second kappa shape index (κ2) is 10.3. The minimum atomic E-state index is 0. The molecule has 3 heterocycles. The van der Waals surface area contributed by atoms with Gasteiger partial charge in [0.1, 0.15) is 12.2 Å². The number of nitrogens with zero attached hydrogens (tertiary/aromatic N) is 5. The quantitative estimate of drug-likeness (QED) is 0.395. The van der Waals surface area contributed by atoms with Crippen LogP contribution in [-0.2, 0) is 13.0 Å². The van der Waals surface area contributed by atoms with Crippen molar-refractivity contribution in [3.05, 3.63) is 12.2 Å². The average Bonchev–Trinajstić information content (AvgIpc) is 3.09. The molecule has 142 valence electrons. The van der Waals surface area contributed by atoms with E-state index < -0.39 is 0 Å². The molecule has 1 aromatic heterocycles. The van der Waals surface area contributed by atoms with Crippen molar-refractivity contribution in [3.8, 4) is 0 Å². The summed E-state index contributed by atoms with van der Waals surface area (Å²) < 4.78 is 2.00. The lowest BCUT2D eigenvalue weighted by molar-refractivity contribution is 0.187. The summed E-state index contributed by atoms with van der Waals surface area (Å²) in [4.78, 5) is 11.2. The van der Waals surface area contributed by atoms with Crippen LogP contribution < -0.4 is 10.6 Å². The molecule has 0 aromatic carbocycles. The van der Waals surface area contributed by atoms with E-state index in [0.29, 0.717) is 6.04 Å². The number of halogens is 1. The number of hydrogen-bond donors (Lipinski definition) is 2. The lowest BCUT2D eigenvalue weighted by Crippen LogP contribution is -2.47. The van der Waals surface area contributed by atoms with E-state index in [1.165, 1.54) is 38.9 Å². The van der Waals surface area contributed by atoms with Crippen LogP contribution in [0.4, 0.5) is 0 Å². The molecule has 2 aliphatic rings. The van der Waals surface area contributed by atoms with Gasteiger partial charge in [-0.2, -0.15) is 5.10 Å². The highest BCUT2D eigenvalue weighted by Crippen LogP contribution is 2.19. The first-order chi connectivity index (χ1) is 11.8. The monoisotopic (exact) mass is 461 g/mol. The molecule has 0 radical (unpaired) electrons. The van der Waals surface area contributed by atoms with Crippen molar-refractivity contribution in [2.45, 2.75) is 51.6 Å². The molecule has 2 aliphatic heterocycles. The van der Waals surface area contributed by atoms with E-state index in [9.17, 15) is 0 Å². The number of aryl methyl sites for hydroxylation is 1. The minimum absolute atomic E-state index is 0. The third-order valence-corrected chi connectivity index (χ3v) is 5.37. The van der Waals surface area contributed by atoms with Gasteiger partial charge in [-0.1, -0.05) is 6.92 Å². The average molecular weight is 461 g/mol. The van der Waals surface area contributed by atoms with E-state index in [1.807, 2.05) is 11.7 Å². The number of aliphatic imine (C=N–C) groups is 1. The van der Waals surface area contributed by atoms with Crippen LogP contribution >= 0.6 is 24.0 Å². The third-order valence-electron chi connectivity index (χ3n) is 5.37. The summed E-state index contributed by atoms with van der Waals surface area (Å²) >= 11 is 0. The van der Waals surface area contributed by atoms with Crippen molar-refractivity contribution in [1.29, 1.82) is 0 Å². The van der Waals surface area contributed by atoms with E-state index in [4.69, 9.17) is 0 Å². The van der Waals surface area contributed by atoms with Crippen molar-refractivity contribution < 1.29 is 0 Å². The van der Waals surface area contributed by atoms with Gasteiger partial charge < -0.3 is 15.5 Å². The van der Waals surface area contributed by atoms with Crippen molar-refractivity contribution in [1.82, 2.24) is 30.3 Å². The van der Waals surface area contributed by atoms with Crippen LogP contribution in [0.3, 0.4) is 0 Å². The molecule has 1 fully saturated rings. The van der Waals surface area contributed by atoms with E-state index in [2.05, 4.69) is 37.5 Å². The fourth-order valence-electron chi connectivity index (χ4n) is 3.73. The van der Waals surface area contributed by atoms with E-state index in [-0.39, 0.29) is 24.0 Å². The number of likely N-dealkylation sites (tertiary alicyclic amines) is 1. The number of hydrogen-bond acceptors (Lipinski definition) is 4. The molecule has 25 heavy (non-hydrogen) atoms. The Morgan fingerprint density at radius 3 is 2.84 bits per heavy atom. The summed E-state index contributed by atoms with van der Waals surface area (Å²) in [7, 11) is 1.85. The molecule has 0 bridgehead atoms. The van der Waals surface area contributed by atoms with Crippen LogP contribution in [-0.4, -0.2) is 64.9 Å². The number of guanidine groups is 1. The highest BCUT2D eigenvalue weighted by molar-refractivity contribution is 14.0. The molecule has 0 amide bonds. The Morgan fingerprint density at radius 1 is 1.32 bits per heavy atom. The fraction of sp³-hybridized carbons (Fsp3) is 0.824. The van der Waals surface area contributed by atoms with Crippen LogP contribution in [0.15, 0.2) is 11.3 Å². The minimum Gasteiger partial charge on any atom is -0.356 e. The predicted octanol–water partition coefficient (Wildman–Crippen LogP) is 1.50. The predicted molar refractivity (Wildman–Crippen MR) is 111 cm³/mol. The zero-order valence-corrected chi connectivity index (χ0v) is 17.8. The summed E-state index contributed by atoms with van der Waals surface area (Å²) in [6.07, 6.45) is 7.60. The Labute approximate surface area is 168 Å². The Bertz CT molecular complexity index is 537. The SMILES string of the molecule is CCN1CCC(CCNC(=NC)NC2CCc3ncnn3C2)CC1.I. The van der Waals surface area contributed by atoms with Crippen molar-refractivity contribution in [2.75, 3.05) is 33.2 Å². The molecule has 7 nitrogen and oxygen atoms in total. The second-order valence-corrected chi connectivity index (χ2v) is 6.90. The van der Waals surface area contributed by atoms with Crippen molar-refractivity contribution >= 4 is 29.9 Å². The first kappa shape index (κ1) is 20.4. The summed E-state index contributed by atoms with van der Waals surface area (Å²) in [5.41, 5.74) is 0. The van der Waals surface area contributed by atoms with Crippen LogP contribution in [0.5, 0.6) is 0 Å². The lowest BCUT2D eigenvalue weighted by atomic mass is 9.93. The number of rotatable bonds is 5. The molecular formula is C17H32IN7. The zero-order valence-electron chi connectivity index (χ0n) is 15.4. The molecule has 0 aliphatic carbocycles. The topological polar surface area (TPSA) is 70.4 Å². The number of piperidine rings is 1. The standard InChI is InChI=1S/C17H31N7.HI/c1-3-23-10-7-14(8-11-23)6-9-19-17(18-2)22-15-4-5-16-20-13-21-24(16)12-15;/h13-15H,3-12H2,1-2H3,(H2,18,19,22);1H. The zero-order chi connectivity index (χ0) is 16.8. The molecule has 3 rings (SSSR count). The third kappa shape index (κ3) is 5.80. The van der Waals surface area contributed by atoms with Crippen LogP contribution in [0, 0.1) is 5.92 Å². The maximum absolute atomic E-state index is 4.37. The molecule has 2 N–H and O–H groups in total. The number of nitrogens with one attached hydrogen (secondary N) is 2. The Balaban J connectivity index is 0.00000225. The molecule has 8 heteroatoms. The number of aromatic nitrogens is 3. The second-order valence-electron chi connectivity index (χ2n) is 6.90. The van der Waals surface area contributed by atoms with Gasteiger partial charge in [0, 0.05) is 26.1 Å². The normalized spacial score (nSPS) is 22.2. The molecular weight excluding hydrogens is 429 g/mol. The maximum Gasteiger partial charge on any atom is 0.191 e. The van der Waals surface area contributed by atoms with Gasteiger partial charge in [0.25, 0.3) is 0 Å². The van der Waals surface area contributed by atoms with Gasteiger partial charge >= 0.3 is 0 Å². The highest BCUT2D eigenvalue weighted by Gasteiger charge is 2.21. The Morgan fingerprint density at radius 2 is 2.12 bits per heavy atom. The van der Waals surface area contributed by atoms with Crippen molar-refractivity contribution in [3.63, 3.8) is 0 Å². The molecule has 1 unspecified atom stereocenters. The van der Waals surface area contributed by atoms with Crippen LogP contribution in [0.25, 0.3) is 0 Å². The van der Waals surface area contributed by atoms with Crippen LogP contribution in [0.1, 0.15) is 38.4 Å². The van der Waals surface area contributed by atoms with Gasteiger partial charge in [0.15, 0.2) is 5.96 Å². The van der Waals surface area contributed by atoms with Gasteiger partial charge in [-0.15, -0.1) is 24.0 Å². The van der Waals surface area contributed by atoms with E-state index in [1.54, 1.807) is 6.33 Å². The number of fused-ring (bicyclic) bond motifs is 1. The van der Waals surface area contributed by atoms with Crippen LogP contribution in [0.2, 0.25) is 0 Å². The summed E-state index contributed by atoms with van der Waals surface area (Å²) in [5.74, 6) is 2.86. The maximum atomic E-state index is 4.37. The van der Waals surface area contributed by atoms with Gasteiger partial charge in [-0.3, -0.25) is 4.99 Å². The van der Waals surface area contributed by atoms with Crippen molar-refractivity contribution in [2.24, 2.45) is 10.9 Å². The Kier molecular flexibility index (Phi) is 8.41. The molecule has 1 aromatic rings. The molecule has 0 saturated carbocycles. The smallest absolute Gasteiger partial charge is 0.191 e. The highest BCUT2D eigenvalue weighted by atomic mass is 127. The lowest BCUT2D eigenvalue weighted by Gasteiger charge is -2.31. The van der Waals surface area contributed by atoms with E-state index in [0.717, 1.165) is 43.6 Å². The molecule has 1 saturated heterocycles. The first-order valence-electron chi connectivity index (χ1n) is 9.34. The summed E-state index contributed by atoms with van der Waals surface area (Å²) in [6, 6.07) is 0.373. The van der Waals surface area contributed by atoms with Gasteiger partial charge in [0.05, 0.1) is 6.54 Å². The van der Waals surface area contributed by atoms with E-state index >= 15 is 0 Å². The first-order valence-corrected chi connectivity index (χ1v) is 9.34. The summed E-state index contributed by atoms with van der Waals surface area (Å²) in [5, 5.41) is 11.3. The fourth-order valence-corrected chi connectivity index (χ4v) is 3.73. The van der Waals surface area contributed by atoms with Gasteiger partial charge in [0.2, 0.25) is 0 Å². The Hall–Kier alpha value is -0.900. The van der Waals surface area contributed by atoms with Gasteiger partial charge in [-0.25, -0.2) is 9.67 Å². The molecule has 1 atom stereocenters. The van der Waals surface area contributed by atoms with Gasteiger partial charge in [-0.05, 0) is 51.2 Å². The summed E-state index contributed by atoms with van der Waals surface area (Å²) in [6.45, 7) is 7.83. The molecule has 0 spiro atoms.